The van der Waals surface area contributed by atoms with Gasteiger partial charge in [-0.25, -0.2) is 15.0 Å². The quantitative estimate of drug-likeness (QED) is 0.0301. The van der Waals surface area contributed by atoms with Crippen molar-refractivity contribution < 1.29 is 42.4 Å². The third-order valence-corrected chi connectivity index (χ3v) is 17.4. The van der Waals surface area contributed by atoms with Crippen molar-refractivity contribution in [2.45, 2.75) is 89.1 Å². The van der Waals surface area contributed by atoms with Crippen LogP contribution in [0.1, 0.15) is 80.2 Å². The molecule has 16 heteroatoms. The molecule has 3 atom stereocenters. The van der Waals surface area contributed by atoms with Gasteiger partial charge in [0, 0.05) is 31.7 Å². The molecule has 3 heterocycles. The summed E-state index contributed by atoms with van der Waals surface area (Å²) in [6.45, 7) is 17.3. The van der Waals surface area contributed by atoms with Gasteiger partial charge < -0.3 is 48.2 Å². The van der Waals surface area contributed by atoms with Gasteiger partial charge in [-0.15, -0.1) is 0 Å². The van der Waals surface area contributed by atoms with E-state index in [-0.39, 0.29) is 29.5 Å². The van der Waals surface area contributed by atoms with E-state index in [0.29, 0.717) is 75.1 Å². The van der Waals surface area contributed by atoms with E-state index in [1.54, 1.807) is 26.4 Å². The molecular formula is C54H70N6O9Si. The summed E-state index contributed by atoms with van der Waals surface area (Å²) in [5.74, 6) is 1.94. The number of aromatic nitrogens is 4. The zero-order valence-corrected chi connectivity index (χ0v) is 42.9. The molecule has 2 N–H and O–H groups in total. The molecule has 1 unspecified atom stereocenters. The van der Waals surface area contributed by atoms with Crippen molar-refractivity contribution in [1.29, 1.82) is 0 Å². The van der Waals surface area contributed by atoms with Crippen molar-refractivity contribution in [3.05, 3.63) is 138 Å². The molecule has 7 rings (SSSR count). The lowest BCUT2D eigenvalue weighted by Gasteiger charge is -2.40. The smallest absolute Gasteiger partial charge is 0.256 e. The van der Waals surface area contributed by atoms with E-state index >= 15 is 0 Å². The Labute approximate surface area is 413 Å². The molecule has 374 valence electrons. The minimum atomic E-state index is -2.40. The van der Waals surface area contributed by atoms with Crippen LogP contribution in [0.3, 0.4) is 0 Å². The van der Waals surface area contributed by atoms with Gasteiger partial charge in [-0.3, -0.25) is 9.36 Å². The van der Waals surface area contributed by atoms with Crippen LogP contribution in [-0.2, 0) is 33.7 Å². The maximum Gasteiger partial charge on any atom is 0.256 e. The molecule has 1 amide bonds. The summed E-state index contributed by atoms with van der Waals surface area (Å²) < 4.78 is 52.3. The van der Waals surface area contributed by atoms with Crippen molar-refractivity contribution in [2.24, 2.45) is 0 Å². The predicted molar refractivity (Wildman–Crippen MR) is 274 cm³/mol. The second kappa shape index (κ2) is 24.4. The van der Waals surface area contributed by atoms with Crippen LogP contribution in [0.2, 0.25) is 18.1 Å². The van der Waals surface area contributed by atoms with Crippen molar-refractivity contribution in [1.82, 2.24) is 19.5 Å². The first-order chi connectivity index (χ1) is 33.9. The molecule has 0 radical (unpaired) electrons. The highest BCUT2D eigenvalue weighted by molar-refractivity contribution is 6.74. The highest BCUT2D eigenvalue weighted by Crippen LogP contribution is 2.46. The molecule has 15 nitrogen and oxygen atoms in total. The number of hydrogen-bond acceptors (Lipinski definition) is 13. The van der Waals surface area contributed by atoms with Gasteiger partial charge in [-0.2, -0.15) is 0 Å². The normalized spacial score (nSPS) is 16.4. The van der Waals surface area contributed by atoms with Crippen molar-refractivity contribution in [3.8, 4) is 11.5 Å². The van der Waals surface area contributed by atoms with Gasteiger partial charge in [0.05, 0.1) is 53.4 Å². The van der Waals surface area contributed by atoms with Crippen molar-refractivity contribution in [3.63, 3.8) is 0 Å². The molecule has 6 aromatic rings. The maximum absolute atomic E-state index is 13.5. The van der Waals surface area contributed by atoms with Crippen LogP contribution in [0.25, 0.3) is 11.2 Å². The first kappa shape index (κ1) is 52.1. The van der Waals surface area contributed by atoms with Crippen LogP contribution in [0.5, 0.6) is 11.5 Å². The molecule has 2 aromatic heterocycles. The van der Waals surface area contributed by atoms with Crippen LogP contribution in [0, 0.1) is 0 Å². The zero-order valence-electron chi connectivity index (χ0n) is 41.9. The van der Waals surface area contributed by atoms with Crippen molar-refractivity contribution in [2.75, 3.05) is 77.6 Å². The number of carbonyl (C=O) groups excluding carboxylic acids is 1. The van der Waals surface area contributed by atoms with E-state index in [1.165, 1.54) is 6.33 Å². The highest BCUT2D eigenvalue weighted by atomic mass is 28.4. The molecule has 0 bridgehead atoms. The van der Waals surface area contributed by atoms with Gasteiger partial charge in [0.15, 0.2) is 25.3 Å². The summed E-state index contributed by atoms with van der Waals surface area (Å²) in [5, 5.41) is 6.43. The maximum atomic E-state index is 13.5. The number of nitrogens with zero attached hydrogens (tertiary/aromatic N) is 4. The topological polar surface area (TPSA) is 159 Å². The minimum Gasteiger partial charge on any atom is -0.497 e. The Bertz CT molecular complexity index is 2490. The monoisotopic (exact) mass is 974 g/mol. The lowest BCUT2D eigenvalue weighted by Crippen LogP contribution is -2.47. The Balaban J connectivity index is 1.22. The van der Waals surface area contributed by atoms with Crippen LogP contribution >= 0.6 is 0 Å². The Morgan fingerprint density at radius 3 is 1.91 bits per heavy atom. The number of carbonyl (C=O) groups is 1. The van der Waals surface area contributed by atoms with Gasteiger partial charge in [-0.1, -0.05) is 100 Å². The van der Waals surface area contributed by atoms with Crippen LogP contribution in [0.15, 0.2) is 116 Å². The fourth-order valence-electron chi connectivity index (χ4n) is 8.20. The molecule has 1 saturated heterocycles. The first-order valence-electron chi connectivity index (χ1n) is 24.3. The molecule has 0 spiro atoms. The van der Waals surface area contributed by atoms with Crippen LogP contribution in [0.4, 0.5) is 11.8 Å². The Morgan fingerprint density at radius 2 is 1.33 bits per heavy atom. The van der Waals surface area contributed by atoms with Gasteiger partial charge in [0.25, 0.3) is 5.91 Å². The summed E-state index contributed by atoms with van der Waals surface area (Å²) in [5.41, 5.74) is 3.05. The molecule has 1 aliphatic rings. The number of fused-ring (bicyclic) bond motifs is 1. The van der Waals surface area contributed by atoms with Gasteiger partial charge in [-0.05, 0) is 84.1 Å². The van der Waals surface area contributed by atoms with Gasteiger partial charge in [0.2, 0.25) is 5.95 Å². The number of benzene rings is 4. The molecule has 1 fully saturated rings. The van der Waals surface area contributed by atoms with Crippen LogP contribution < -0.4 is 20.1 Å². The number of amides is 1. The molecular weight excluding hydrogens is 905 g/mol. The van der Waals surface area contributed by atoms with Crippen molar-refractivity contribution >= 4 is 37.2 Å². The van der Waals surface area contributed by atoms with E-state index in [4.69, 9.17) is 47.6 Å². The highest BCUT2D eigenvalue weighted by Gasteiger charge is 2.48. The number of anilines is 2. The number of methoxy groups -OCH3 is 2. The number of hydrogen-bond donors (Lipinski definition) is 2. The summed E-state index contributed by atoms with van der Waals surface area (Å²) >= 11 is 0. The van der Waals surface area contributed by atoms with E-state index in [0.717, 1.165) is 41.2 Å². The average molecular weight is 975 g/mol. The Hall–Kier alpha value is -5.72. The molecule has 70 heavy (non-hydrogen) atoms. The standard InChI is InChI=1S/C54H70N6O9Si/c1-9-30-64-32-34-66-35-33-65-31-16-29-55-52-58-48-49(59-51(61)39-17-12-10-13-18-39)56-38-57-50(48)60(52)47-36-45(69-70(7,8)53(2,3)4)46(68-47)37-67-54(40-19-14-11-15-20-40,41-21-25-43(62-5)26-22-41)42-23-27-44(63-6)28-24-42/h10-15,17-28,38,45-47H,9,16,29-37H2,1-8H3,(H,55,58)(H,56,57,59,61)/t45?,46-,47-/m1/s1. The SMILES string of the molecule is CCCOCCOCCOCCCNc1nc2c(NC(=O)c3ccccc3)ncnc2n1[C@H]1CC(O[Si](C)(C)C(C)(C)C)[C@@H](COC(c2ccccc2)(c2ccc(OC)cc2)c2ccc(OC)cc2)O1. The minimum absolute atomic E-state index is 0.0960. The average Bonchev–Trinajstić information content (AvgIpc) is 3.95. The van der Waals surface area contributed by atoms with E-state index in [2.05, 4.69) is 68.5 Å². The third-order valence-electron chi connectivity index (χ3n) is 12.9. The number of rotatable bonds is 26. The summed E-state index contributed by atoms with van der Waals surface area (Å²) in [7, 11) is 0.923. The third kappa shape index (κ3) is 12.6. The summed E-state index contributed by atoms with van der Waals surface area (Å²) in [6.07, 6.45) is 2.03. The molecule has 0 saturated carbocycles. The fraction of sp³-hybridized carbons (Fsp3) is 0.444. The number of ether oxygens (including phenoxy) is 7. The Morgan fingerprint density at radius 1 is 0.757 bits per heavy atom. The second-order valence-electron chi connectivity index (χ2n) is 18.7. The first-order valence-corrected chi connectivity index (χ1v) is 27.2. The van der Waals surface area contributed by atoms with Crippen LogP contribution in [-0.4, -0.2) is 113 Å². The molecule has 0 aliphatic carbocycles. The Kier molecular flexibility index (Phi) is 18.2. The zero-order chi connectivity index (χ0) is 49.6. The summed E-state index contributed by atoms with van der Waals surface area (Å²) in [4.78, 5) is 27.9. The molecule has 1 aliphatic heterocycles. The largest absolute Gasteiger partial charge is 0.497 e. The predicted octanol–water partition coefficient (Wildman–Crippen LogP) is 10.0. The van der Waals surface area contributed by atoms with Gasteiger partial charge >= 0.3 is 0 Å². The summed E-state index contributed by atoms with van der Waals surface area (Å²) in [6, 6.07) is 35.2. The molecule has 4 aromatic carbocycles. The lowest BCUT2D eigenvalue weighted by atomic mass is 9.80. The fourth-order valence-corrected chi connectivity index (χ4v) is 9.56. The van der Waals surface area contributed by atoms with E-state index < -0.39 is 26.3 Å². The lowest BCUT2D eigenvalue weighted by molar-refractivity contribution is -0.0911. The van der Waals surface area contributed by atoms with E-state index in [1.807, 2.05) is 89.5 Å². The van der Waals surface area contributed by atoms with Gasteiger partial charge in [0.1, 0.15) is 35.8 Å². The van der Waals surface area contributed by atoms with E-state index in [9.17, 15) is 4.79 Å². The second-order valence-corrected chi connectivity index (χ2v) is 23.5. The number of nitrogens with one attached hydrogen (secondary N) is 2. The number of imidazole rings is 1.